The molecule has 0 N–H and O–H groups in total. The Morgan fingerprint density at radius 1 is 1.38 bits per heavy atom. The second-order valence-corrected chi connectivity index (χ2v) is 7.92. The summed E-state index contributed by atoms with van der Waals surface area (Å²) in [6.07, 6.45) is 7.16. The molecule has 0 saturated heterocycles. The molecule has 0 aromatic carbocycles. The first kappa shape index (κ1) is 16.4. The molecule has 1 heterocycles. The SMILES string of the molecule is CCCn1cc(S(=O)(=O)Cl)cc1C(=O)OC1CCCCC1. The maximum absolute atomic E-state index is 12.3. The van der Waals surface area contributed by atoms with Crippen LogP contribution in [0.5, 0.6) is 0 Å². The van der Waals surface area contributed by atoms with Crippen molar-refractivity contribution in [2.75, 3.05) is 0 Å². The van der Waals surface area contributed by atoms with Gasteiger partial charge in [0.15, 0.2) is 0 Å². The summed E-state index contributed by atoms with van der Waals surface area (Å²) in [4.78, 5) is 12.2. The van der Waals surface area contributed by atoms with E-state index in [0.29, 0.717) is 6.54 Å². The Kier molecular flexibility index (Phi) is 5.32. The summed E-state index contributed by atoms with van der Waals surface area (Å²) in [6, 6.07) is 1.29. The van der Waals surface area contributed by atoms with Gasteiger partial charge in [0.2, 0.25) is 0 Å². The predicted octanol–water partition coefficient (Wildman–Crippen LogP) is 3.32. The molecule has 1 aromatic heterocycles. The van der Waals surface area contributed by atoms with Crippen molar-refractivity contribution in [2.24, 2.45) is 0 Å². The highest BCUT2D eigenvalue weighted by Crippen LogP contribution is 2.24. The number of carbonyl (C=O) groups is 1. The molecule has 5 nitrogen and oxygen atoms in total. The number of aromatic nitrogens is 1. The van der Waals surface area contributed by atoms with Crippen LogP contribution in [-0.4, -0.2) is 25.1 Å². The molecule has 0 unspecified atom stereocenters. The van der Waals surface area contributed by atoms with Crippen LogP contribution in [0.1, 0.15) is 55.9 Å². The van der Waals surface area contributed by atoms with Gasteiger partial charge in [-0.05, 0) is 38.2 Å². The van der Waals surface area contributed by atoms with E-state index in [0.717, 1.165) is 32.1 Å². The molecule has 1 aliphatic rings. The molecule has 7 heteroatoms. The smallest absolute Gasteiger partial charge is 0.355 e. The largest absolute Gasteiger partial charge is 0.458 e. The van der Waals surface area contributed by atoms with E-state index >= 15 is 0 Å². The minimum absolute atomic E-state index is 0.0618. The summed E-state index contributed by atoms with van der Waals surface area (Å²) in [5.74, 6) is -0.470. The van der Waals surface area contributed by atoms with Crippen molar-refractivity contribution >= 4 is 25.7 Å². The molecule has 118 valence electrons. The van der Waals surface area contributed by atoms with Crippen LogP contribution in [0.3, 0.4) is 0 Å². The summed E-state index contributed by atoms with van der Waals surface area (Å²) in [6.45, 7) is 2.49. The fraction of sp³-hybridized carbons (Fsp3) is 0.643. The number of ether oxygens (including phenoxy) is 1. The average Bonchev–Trinajstić information content (AvgIpc) is 2.84. The second kappa shape index (κ2) is 6.83. The zero-order valence-corrected chi connectivity index (χ0v) is 13.6. The quantitative estimate of drug-likeness (QED) is 0.612. The molecule has 0 spiro atoms. The lowest BCUT2D eigenvalue weighted by molar-refractivity contribution is 0.0199. The first-order valence-electron chi connectivity index (χ1n) is 7.27. The van der Waals surface area contributed by atoms with Crippen LogP contribution in [0, 0.1) is 0 Å². The number of nitrogens with zero attached hydrogens (tertiary/aromatic N) is 1. The van der Waals surface area contributed by atoms with Crippen molar-refractivity contribution < 1.29 is 17.9 Å². The third-order valence-corrected chi connectivity index (χ3v) is 4.97. The molecule has 0 radical (unpaired) electrons. The average molecular weight is 334 g/mol. The Bertz CT molecular complexity index is 602. The van der Waals surface area contributed by atoms with Crippen LogP contribution in [-0.2, 0) is 20.3 Å². The van der Waals surface area contributed by atoms with Crippen LogP contribution < -0.4 is 0 Å². The first-order valence-corrected chi connectivity index (χ1v) is 9.58. The van der Waals surface area contributed by atoms with Crippen LogP contribution in [0.4, 0.5) is 0 Å². The van der Waals surface area contributed by atoms with Gasteiger partial charge in [-0.1, -0.05) is 13.3 Å². The summed E-state index contributed by atoms with van der Waals surface area (Å²) < 4.78 is 29.9. The lowest BCUT2D eigenvalue weighted by Crippen LogP contribution is -2.22. The molecule has 0 amide bonds. The van der Waals surface area contributed by atoms with E-state index in [1.165, 1.54) is 18.7 Å². The van der Waals surface area contributed by atoms with E-state index in [-0.39, 0.29) is 16.7 Å². The maximum Gasteiger partial charge on any atom is 0.355 e. The third kappa shape index (κ3) is 4.23. The Morgan fingerprint density at radius 2 is 2.05 bits per heavy atom. The topological polar surface area (TPSA) is 65.4 Å². The Balaban J connectivity index is 2.20. The van der Waals surface area contributed by atoms with Gasteiger partial charge in [-0.25, -0.2) is 13.2 Å². The summed E-state index contributed by atoms with van der Waals surface area (Å²) in [7, 11) is 1.50. The van der Waals surface area contributed by atoms with Crippen molar-refractivity contribution in [3.05, 3.63) is 18.0 Å². The van der Waals surface area contributed by atoms with Crippen molar-refractivity contribution in [2.45, 2.75) is 63.0 Å². The number of aryl methyl sites for hydroxylation is 1. The Labute approximate surface area is 129 Å². The van der Waals surface area contributed by atoms with E-state index in [1.54, 1.807) is 4.57 Å². The Morgan fingerprint density at radius 3 is 2.62 bits per heavy atom. The van der Waals surface area contributed by atoms with E-state index in [1.807, 2.05) is 6.92 Å². The zero-order chi connectivity index (χ0) is 15.5. The van der Waals surface area contributed by atoms with Crippen molar-refractivity contribution in [3.63, 3.8) is 0 Å². The van der Waals surface area contributed by atoms with Crippen LogP contribution in [0.2, 0.25) is 0 Å². The van der Waals surface area contributed by atoms with Crippen molar-refractivity contribution in [3.8, 4) is 0 Å². The molecule has 1 saturated carbocycles. The van der Waals surface area contributed by atoms with Gasteiger partial charge in [-0.2, -0.15) is 0 Å². The number of hydrogen-bond donors (Lipinski definition) is 0. The lowest BCUT2D eigenvalue weighted by Gasteiger charge is -2.22. The van der Waals surface area contributed by atoms with Crippen molar-refractivity contribution in [1.82, 2.24) is 4.57 Å². The highest BCUT2D eigenvalue weighted by atomic mass is 35.7. The minimum atomic E-state index is -3.85. The summed E-state index contributed by atoms with van der Waals surface area (Å²) >= 11 is 0. The Hall–Kier alpha value is -1.01. The third-order valence-electron chi connectivity index (χ3n) is 3.65. The lowest BCUT2D eigenvalue weighted by atomic mass is 9.98. The highest BCUT2D eigenvalue weighted by molar-refractivity contribution is 8.13. The molecule has 2 rings (SSSR count). The van der Waals surface area contributed by atoms with E-state index in [2.05, 4.69) is 0 Å². The van der Waals surface area contributed by atoms with Gasteiger partial charge in [-0.3, -0.25) is 0 Å². The molecule has 0 atom stereocenters. The number of esters is 1. The normalized spacial score (nSPS) is 16.9. The van der Waals surface area contributed by atoms with Gasteiger partial charge in [0, 0.05) is 23.4 Å². The van der Waals surface area contributed by atoms with E-state index < -0.39 is 15.0 Å². The van der Waals surface area contributed by atoms with Gasteiger partial charge < -0.3 is 9.30 Å². The molecule has 1 fully saturated rings. The van der Waals surface area contributed by atoms with Crippen molar-refractivity contribution in [1.29, 1.82) is 0 Å². The highest BCUT2D eigenvalue weighted by Gasteiger charge is 2.24. The molecular weight excluding hydrogens is 314 g/mol. The molecule has 0 bridgehead atoms. The molecule has 0 aliphatic heterocycles. The standard InChI is InChI=1S/C14H20ClNO4S/c1-2-8-16-10-12(21(15,18)19)9-13(16)14(17)20-11-6-4-3-5-7-11/h9-11H,2-8H2,1H3. The van der Waals surface area contributed by atoms with E-state index in [4.69, 9.17) is 15.4 Å². The van der Waals surface area contributed by atoms with Crippen LogP contribution in [0.25, 0.3) is 0 Å². The molecule has 1 aromatic rings. The van der Waals surface area contributed by atoms with Gasteiger partial charge in [0.05, 0.1) is 0 Å². The number of carbonyl (C=O) groups excluding carboxylic acids is 1. The summed E-state index contributed by atoms with van der Waals surface area (Å²) in [5, 5.41) is 0. The molecular formula is C14H20ClNO4S. The number of hydrogen-bond acceptors (Lipinski definition) is 4. The van der Waals surface area contributed by atoms with Gasteiger partial charge in [0.25, 0.3) is 9.05 Å². The summed E-state index contributed by atoms with van der Waals surface area (Å²) in [5.41, 5.74) is 0.252. The van der Waals surface area contributed by atoms with Crippen LogP contribution >= 0.6 is 10.7 Å². The first-order chi connectivity index (χ1) is 9.91. The maximum atomic E-state index is 12.3. The minimum Gasteiger partial charge on any atom is -0.458 e. The van der Waals surface area contributed by atoms with Gasteiger partial charge in [-0.15, -0.1) is 0 Å². The fourth-order valence-electron chi connectivity index (χ4n) is 2.61. The molecule has 21 heavy (non-hydrogen) atoms. The van der Waals surface area contributed by atoms with E-state index in [9.17, 15) is 13.2 Å². The fourth-order valence-corrected chi connectivity index (χ4v) is 3.37. The predicted molar refractivity (Wildman–Crippen MR) is 80.1 cm³/mol. The number of halogens is 1. The van der Waals surface area contributed by atoms with Gasteiger partial charge in [0.1, 0.15) is 16.7 Å². The zero-order valence-electron chi connectivity index (χ0n) is 12.0. The second-order valence-electron chi connectivity index (χ2n) is 5.36. The molecule has 1 aliphatic carbocycles. The number of rotatable bonds is 5. The van der Waals surface area contributed by atoms with Gasteiger partial charge >= 0.3 is 5.97 Å². The monoisotopic (exact) mass is 333 g/mol. The van der Waals surface area contributed by atoms with Crippen LogP contribution in [0.15, 0.2) is 17.2 Å².